The molecule has 1 aliphatic rings. The van der Waals surface area contributed by atoms with Crippen LogP contribution in [0, 0.1) is 6.92 Å². The number of H-pyrrole nitrogens is 1. The number of nitrogens with zero attached hydrogens (tertiary/aromatic N) is 4. The molecule has 1 saturated heterocycles. The number of hydrogen-bond acceptors (Lipinski definition) is 4. The first-order chi connectivity index (χ1) is 9.55. The van der Waals surface area contributed by atoms with Crippen molar-refractivity contribution in [3.05, 3.63) is 43.0 Å². The number of hydrogen-bond donors (Lipinski definition) is 2. The van der Waals surface area contributed by atoms with E-state index in [1.165, 1.54) is 4.57 Å². The average molecular weight is 344 g/mol. The molecule has 1 aromatic rings. The van der Waals surface area contributed by atoms with Crippen LogP contribution in [0.25, 0.3) is 10.4 Å². The van der Waals surface area contributed by atoms with Crippen LogP contribution in [0.15, 0.2) is 20.9 Å². The molecule has 1 fully saturated rings. The van der Waals surface area contributed by atoms with Crippen LogP contribution in [0.4, 0.5) is 0 Å². The topological polar surface area (TPSA) is 124 Å². The van der Waals surface area contributed by atoms with Crippen LogP contribution >= 0.6 is 0 Å². The molecular formula is C11H15N5O3Se. The van der Waals surface area contributed by atoms with E-state index in [9.17, 15) is 14.7 Å². The molecule has 1 aromatic heterocycles. The molecule has 0 saturated carbocycles. The van der Waals surface area contributed by atoms with Crippen molar-refractivity contribution in [2.24, 2.45) is 5.11 Å². The number of aromatic amines is 1. The van der Waals surface area contributed by atoms with Crippen LogP contribution in [0.1, 0.15) is 12.0 Å². The van der Waals surface area contributed by atoms with Crippen molar-refractivity contribution >= 4 is 15.0 Å². The van der Waals surface area contributed by atoms with Crippen LogP contribution in [-0.2, 0) is 6.54 Å². The monoisotopic (exact) mass is 345 g/mol. The van der Waals surface area contributed by atoms with Gasteiger partial charge < -0.3 is 0 Å². The van der Waals surface area contributed by atoms with E-state index in [0.29, 0.717) is 18.5 Å². The van der Waals surface area contributed by atoms with Gasteiger partial charge in [-0.3, -0.25) is 0 Å². The van der Waals surface area contributed by atoms with E-state index in [2.05, 4.69) is 15.0 Å². The maximum absolute atomic E-state index is 11.7. The van der Waals surface area contributed by atoms with Crippen LogP contribution in [-0.4, -0.2) is 42.3 Å². The minimum atomic E-state index is -0.427. The molecule has 0 bridgehead atoms. The SMILES string of the molecule is Cc1cn(CC2CC(N=[N+]=[N-])C(CO)[Se]2)c(=O)[nH]c1=O. The van der Waals surface area contributed by atoms with Crippen molar-refractivity contribution in [2.75, 3.05) is 6.61 Å². The Balaban J connectivity index is 2.16. The molecule has 3 atom stereocenters. The molecule has 0 aromatic carbocycles. The number of azide groups is 1. The summed E-state index contributed by atoms with van der Waals surface area (Å²) >= 11 is 0.0943. The Kier molecular flexibility index (Phi) is 4.67. The fourth-order valence-electron chi connectivity index (χ4n) is 2.26. The summed E-state index contributed by atoms with van der Waals surface area (Å²) in [6, 6.07) is -0.199. The van der Waals surface area contributed by atoms with E-state index in [1.807, 2.05) is 0 Å². The molecule has 0 radical (unpaired) electrons. The number of aliphatic hydroxyl groups excluding tert-OH is 1. The molecule has 1 aliphatic heterocycles. The Labute approximate surface area is 120 Å². The first kappa shape index (κ1) is 14.9. The van der Waals surface area contributed by atoms with E-state index in [1.54, 1.807) is 13.1 Å². The maximum atomic E-state index is 11.7. The quantitative estimate of drug-likeness (QED) is 0.351. The molecule has 0 amide bonds. The summed E-state index contributed by atoms with van der Waals surface area (Å²) in [7, 11) is 0. The summed E-state index contributed by atoms with van der Waals surface area (Å²) < 4.78 is 1.48. The van der Waals surface area contributed by atoms with Gasteiger partial charge in [0.1, 0.15) is 0 Å². The van der Waals surface area contributed by atoms with E-state index in [0.717, 1.165) is 0 Å². The van der Waals surface area contributed by atoms with Crippen LogP contribution in [0.5, 0.6) is 0 Å². The van der Waals surface area contributed by atoms with Gasteiger partial charge in [0.15, 0.2) is 0 Å². The van der Waals surface area contributed by atoms with E-state index in [4.69, 9.17) is 5.53 Å². The second kappa shape index (κ2) is 6.28. The summed E-state index contributed by atoms with van der Waals surface area (Å²) in [6.45, 7) is 2.12. The Morgan fingerprint density at radius 3 is 3.05 bits per heavy atom. The summed E-state index contributed by atoms with van der Waals surface area (Å²) in [5.41, 5.74) is 8.20. The molecule has 2 N–H and O–H groups in total. The van der Waals surface area contributed by atoms with Gasteiger partial charge in [-0.1, -0.05) is 0 Å². The number of nitrogens with one attached hydrogen (secondary N) is 1. The molecule has 2 rings (SSSR count). The summed E-state index contributed by atoms with van der Waals surface area (Å²) in [5, 5.41) is 13.0. The van der Waals surface area contributed by atoms with Crippen LogP contribution in [0.2, 0.25) is 9.63 Å². The normalized spacial score (nSPS) is 25.4. The standard InChI is InChI=1S/C11H15N5O3Se/c1-6-3-16(11(19)13-10(6)18)4-7-2-8(14-15-12)9(5-17)20-7/h3,7-9,17H,2,4-5H2,1H3,(H,13,18,19). The fraction of sp³-hybridized carbons (Fsp3) is 0.636. The third kappa shape index (κ3) is 3.13. The molecule has 0 spiro atoms. The van der Waals surface area contributed by atoms with Gasteiger partial charge in [0, 0.05) is 0 Å². The minimum absolute atomic E-state index is 0.000262. The number of aryl methyl sites for hydroxylation is 1. The summed E-state index contributed by atoms with van der Waals surface area (Å²) in [4.78, 5) is 28.3. The molecule has 2 heterocycles. The Morgan fingerprint density at radius 1 is 1.65 bits per heavy atom. The average Bonchev–Trinajstić information content (AvgIpc) is 2.78. The first-order valence-corrected chi connectivity index (χ1v) is 8.14. The van der Waals surface area contributed by atoms with E-state index < -0.39 is 5.69 Å². The van der Waals surface area contributed by atoms with Gasteiger partial charge in [0.2, 0.25) is 0 Å². The Bertz CT molecular complexity index is 648. The van der Waals surface area contributed by atoms with Crippen LogP contribution in [0.3, 0.4) is 0 Å². The van der Waals surface area contributed by atoms with Gasteiger partial charge in [-0.2, -0.15) is 0 Å². The summed E-state index contributed by atoms with van der Waals surface area (Å²) in [6.07, 6.45) is 2.21. The zero-order chi connectivity index (χ0) is 14.7. The molecule has 108 valence electrons. The van der Waals surface area contributed by atoms with Crippen molar-refractivity contribution in [3.63, 3.8) is 0 Å². The van der Waals surface area contributed by atoms with E-state index in [-0.39, 0.29) is 42.8 Å². The first-order valence-electron chi connectivity index (χ1n) is 6.16. The van der Waals surface area contributed by atoms with Gasteiger partial charge in [0.25, 0.3) is 0 Å². The fourth-order valence-corrected chi connectivity index (χ4v) is 5.37. The number of aliphatic hydroxyl groups is 1. The molecular weight excluding hydrogens is 329 g/mol. The molecule has 0 aliphatic carbocycles. The van der Waals surface area contributed by atoms with Gasteiger partial charge in [0.05, 0.1) is 0 Å². The molecule has 9 heteroatoms. The van der Waals surface area contributed by atoms with E-state index >= 15 is 0 Å². The third-order valence-corrected chi connectivity index (χ3v) is 6.50. The van der Waals surface area contributed by atoms with Crippen molar-refractivity contribution in [1.82, 2.24) is 9.55 Å². The molecule has 20 heavy (non-hydrogen) atoms. The zero-order valence-corrected chi connectivity index (χ0v) is 12.6. The van der Waals surface area contributed by atoms with Crippen molar-refractivity contribution in [2.45, 2.75) is 35.6 Å². The van der Waals surface area contributed by atoms with Gasteiger partial charge in [-0.05, 0) is 0 Å². The number of aromatic nitrogens is 2. The van der Waals surface area contributed by atoms with Crippen LogP contribution < -0.4 is 11.2 Å². The Hall–Kier alpha value is -1.53. The molecule has 3 unspecified atom stereocenters. The number of rotatable bonds is 4. The second-order valence-electron chi connectivity index (χ2n) is 4.71. The third-order valence-electron chi connectivity index (χ3n) is 3.27. The zero-order valence-electron chi connectivity index (χ0n) is 10.9. The van der Waals surface area contributed by atoms with Crippen molar-refractivity contribution in [1.29, 1.82) is 0 Å². The van der Waals surface area contributed by atoms with Gasteiger partial charge >= 0.3 is 120 Å². The summed E-state index contributed by atoms with van der Waals surface area (Å²) in [5.74, 6) is 0. The Morgan fingerprint density at radius 2 is 2.40 bits per heavy atom. The molecule has 8 nitrogen and oxygen atoms in total. The van der Waals surface area contributed by atoms with Gasteiger partial charge in [-0.25, -0.2) is 0 Å². The van der Waals surface area contributed by atoms with Crippen molar-refractivity contribution in [3.8, 4) is 0 Å². The van der Waals surface area contributed by atoms with Crippen molar-refractivity contribution < 1.29 is 5.11 Å². The second-order valence-corrected chi connectivity index (χ2v) is 7.95. The van der Waals surface area contributed by atoms with Gasteiger partial charge in [-0.15, -0.1) is 0 Å². The predicted octanol–water partition coefficient (Wildman–Crippen LogP) is 0.201. The predicted molar refractivity (Wildman–Crippen MR) is 74.0 cm³/mol.